The first-order chi connectivity index (χ1) is 16.0. The van der Waals surface area contributed by atoms with E-state index in [9.17, 15) is 9.59 Å². The second kappa shape index (κ2) is 8.55. The van der Waals surface area contributed by atoms with Crippen LogP contribution >= 0.6 is 11.3 Å². The molecule has 4 aromatic rings. The molecule has 33 heavy (non-hydrogen) atoms. The first-order valence-corrected chi connectivity index (χ1v) is 11.1. The Bertz CT molecular complexity index is 1410. The number of hydrogen-bond donors (Lipinski definition) is 1. The van der Waals surface area contributed by atoms with Crippen LogP contribution in [0.15, 0.2) is 53.3 Å². The van der Waals surface area contributed by atoms with Gasteiger partial charge in [-0.1, -0.05) is 31.3 Å². The van der Waals surface area contributed by atoms with Crippen LogP contribution in [0.2, 0.25) is 0 Å². The molecule has 1 aliphatic rings. The lowest BCUT2D eigenvalue weighted by atomic mass is 10.2. The molecule has 0 bridgehead atoms. The Balaban J connectivity index is 1.28. The standard InChI is InChI=1S/C23H20N4O5S/c1-13(2)22-26-27-20(28)10-16(25-23(27)33-22)11-30-17-5-3-4-15(9-17)24-21(29)14-6-7-18-19(8-14)32-12-31-18/h3-10,13H,11-12H2,1-2H3,(H,24,29). The minimum atomic E-state index is -0.281. The van der Waals surface area contributed by atoms with E-state index >= 15 is 0 Å². The number of carbonyl (C=O) groups excluding carboxylic acids is 1. The normalized spacial score (nSPS) is 12.3. The minimum Gasteiger partial charge on any atom is -0.487 e. The van der Waals surface area contributed by atoms with Gasteiger partial charge in [0.2, 0.25) is 11.8 Å². The number of nitrogens with one attached hydrogen (secondary N) is 1. The smallest absolute Gasteiger partial charge is 0.275 e. The first-order valence-electron chi connectivity index (χ1n) is 10.3. The summed E-state index contributed by atoms with van der Waals surface area (Å²) < 4.78 is 17.7. The van der Waals surface area contributed by atoms with Crippen molar-refractivity contribution in [1.29, 1.82) is 0 Å². The van der Waals surface area contributed by atoms with Crippen molar-refractivity contribution < 1.29 is 19.0 Å². The summed E-state index contributed by atoms with van der Waals surface area (Å²) in [5.74, 6) is 1.63. The summed E-state index contributed by atoms with van der Waals surface area (Å²) in [6.45, 7) is 4.30. The van der Waals surface area contributed by atoms with Crippen molar-refractivity contribution in [2.75, 3.05) is 12.1 Å². The number of carbonyl (C=O) groups is 1. The molecule has 1 amide bonds. The average Bonchev–Trinajstić information content (AvgIpc) is 3.45. The molecule has 0 unspecified atom stereocenters. The number of nitrogens with zero attached hydrogens (tertiary/aromatic N) is 3. The molecule has 10 heteroatoms. The Morgan fingerprint density at radius 1 is 1.18 bits per heavy atom. The molecule has 3 heterocycles. The zero-order chi connectivity index (χ0) is 22.9. The van der Waals surface area contributed by atoms with Crippen LogP contribution in [0.5, 0.6) is 17.2 Å². The maximum atomic E-state index is 12.6. The zero-order valence-electron chi connectivity index (χ0n) is 17.9. The fourth-order valence-electron chi connectivity index (χ4n) is 3.24. The van der Waals surface area contributed by atoms with Gasteiger partial charge in [-0.15, -0.1) is 0 Å². The van der Waals surface area contributed by atoms with Crippen LogP contribution in [0.3, 0.4) is 0 Å². The first kappa shape index (κ1) is 21.0. The van der Waals surface area contributed by atoms with Gasteiger partial charge < -0.3 is 19.5 Å². The maximum absolute atomic E-state index is 12.6. The lowest BCUT2D eigenvalue weighted by Crippen LogP contribution is -2.16. The van der Waals surface area contributed by atoms with E-state index in [4.69, 9.17) is 14.2 Å². The van der Waals surface area contributed by atoms with Crippen molar-refractivity contribution >= 4 is 27.9 Å². The van der Waals surface area contributed by atoms with Gasteiger partial charge in [-0.3, -0.25) is 9.59 Å². The van der Waals surface area contributed by atoms with E-state index in [2.05, 4.69) is 15.4 Å². The Kier molecular flexibility index (Phi) is 5.43. The lowest BCUT2D eigenvalue weighted by Gasteiger charge is -2.09. The number of hydrogen-bond acceptors (Lipinski definition) is 8. The third-order valence-corrected chi connectivity index (χ3v) is 6.13. The number of benzene rings is 2. The summed E-state index contributed by atoms with van der Waals surface area (Å²) in [5.41, 5.74) is 1.29. The Labute approximate surface area is 192 Å². The molecule has 0 spiro atoms. The van der Waals surface area contributed by atoms with E-state index in [1.54, 1.807) is 42.5 Å². The van der Waals surface area contributed by atoms with Gasteiger partial charge >= 0.3 is 0 Å². The van der Waals surface area contributed by atoms with Crippen LogP contribution in [-0.2, 0) is 6.61 Å². The summed E-state index contributed by atoms with van der Waals surface area (Å²) >= 11 is 1.39. The molecule has 2 aromatic carbocycles. The van der Waals surface area contributed by atoms with Gasteiger partial charge in [0.15, 0.2) is 11.5 Å². The SMILES string of the molecule is CC(C)c1nn2c(=O)cc(COc3cccc(NC(=O)c4ccc5c(c4)OCO5)c3)nc2s1. The second-order valence-electron chi connectivity index (χ2n) is 7.71. The van der Waals surface area contributed by atoms with E-state index in [0.29, 0.717) is 39.2 Å². The van der Waals surface area contributed by atoms with Crippen LogP contribution in [0.25, 0.3) is 4.96 Å². The summed E-state index contributed by atoms with van der Waals surface area (Å²) in [6.07, 6.45) is 0. The van der Waals surface area contributed by atoms with Crippen LogP contribution in [0.1, 0.15) is 40.8 Å². The van der Waals surface area contributed by atoms with Crippen LogP contribution in [0, 0.1) is 0 Å². The molecule has 0 fully saturated rings. The molecule has 0 saturated carbocycles. The average molecular weight is 465 g/mol. The van der Waals surface area contributed by atoms with Crippen molar-refractivity contribution in [1.82, 2.24) is 14.6 Å². The molecule has 2 aromatic heterocycles. The Morgan fingerprint density at radius 2 is 2.03 bits per heavy atom. The van der Waals surface area contributed by atoms with Crippen molar-refractivity contribution in [3.63, 3.8) is 0 Å². The summed E-state index contributed by atoms with van der Waals surface area (Å²) in [6, 6.07) is 13.5. The third-order valence-electron chi connectivity index (χ3n) is 4.92. The number of fused-ring (bicyclic) bond motifs is 2. The topological polar surface area (TPSA) is 104 Å². The number of ether oxygens (including phenoxy) is 3. The van der Waals surface area contributed by atoms with E-state index < -0.39 is 0 Å². The summed E-state index contributed by atoms with van der Waals surface area (Å²) in [7, 11) is 0. The molecule has 1 aliphatic heterocycles. The predicted molar refractivity (Wildman–Crippen MR) is 123 cm³/mol. The quantitative estimate of drug-likeness (QED) is 0.462. The fourth-order valence-corrected chi connectivity index (χ4v) is 4.17. The van der Waals surface area contributed by atoms with Crippen molar-refractivity contribution in [3.8, 4) is 17.2 Å². The third kappa shape index (κ3) is 4.37. The van der Waals surface area contributed by atoms with E-state index in [1.807, 2.05) is 13.8 Å². The van der Waals surface area contributed by atoms with Gasteiger partial charge in [0.1, 0.15) is 17.4 Å². The molecule has 1 N–H and O–H groups in total. The lowest BCUT2D eigenvalue weighted by molar-refractivity contribution is 0.102. The van der Waals surface area contributed by atoms with Gasteiger partial charge in [0.05, 0.1) is 5.69 Å². The molecule has 0 aliphatic carbocycles. The van der Waals surface area contributed by atoms with E-state index in [1.165, 1.54) is 21.9 Å². The summed E-state index contributed by atoms with van der Waals surface area (Å²) in [4.78, 5) is 30.0. The molecule has 0 atom stereocenters. The van der Waals surface area contributed by atoms with Crippen molar-refractivity contribution in [3.05, 3.63) is 75.1 Å². The van der Waals surface area contributed by atoms with Gasteiger partial charge in [0, 0.05) is 29.3 Å². The van der Waals surface area contributed by atoms with Crippen molar-refractivity contribution in [2.24, 2.45) is 0 Å². The van der Waals surface area contributed by atoms with Crippen LogP contribution in [0.4, 0.5) is 5.69 Å². The Hall–Kier alpha value is -3.92. The highest BCUT2D eigenvalue weighted by Crippen LogP contribution is 2.32. The molecule has 0 saturated heterocycles. The summed E-state index contributed by atoms with van der Waals surface area (Å²) in [5, 5.41) is 8.01. The molecular weight excluding hydrogens is 444 g/mol. The molecular formula is C23H20N4O5S. The number of rotatable bonds is 6. The van der Waals surface area contributed by atoms with E-state index in [0.717, 1.165) is 5.01 Å². The largest absolute Gasteiger partial charge is 0.487 e. The number of anilines is 1. The molecule has 5 rings (SSSR count). The monoisotopic (exact) mass is 464 g/mol. The van der Waals surface area contributed by atoms with Gasteiger partial charge in [-0.25, -0.2) is 4.98 Å². The van der Waals surface area contributed by atoms with Crippen molar-refractivity contribution in [2.45, 2.75) is 26.4 Å². The fraction of sp³-hybridized carbons (Fsp3) is 0.217. The second-order valence-corrected chi connectivity index (χ2v) is 8.70. The molecule has 9 nitrogen and oxygen atoms in total. The highest BCUT2D eigenvalue weighted by atomic mass is 32.1. The number of aromatic nitrogens is 3. The predicted octanol–water partition coefficient (Wildman–Crippen LogP) is 3.83. The van der Waals surface area contributed by atoms with Crippen LogP contribution < -0.4 is 25.1 Å². The Morgan fingerprint density at radius 3 is 2.88 bits per heavy atom. The number of amides is 1. The molecule has 0 radical (unpaired) electrons. The highest BCUT2D eigenvalue weighted by Gasteiger charge is 2.16. The van der Waals surface area contributed by atoms with Gasteiger partial charge in [-0.2, -0.15) is 9.61 Å². The maximum Gasteiger partial charge on any atom is 0.275 e. The van der Waals surface area contributed by atoms with Crippen LogP contribution in [-0.4, -0.2) is 27.3 Å². The highest BCUT2D eigenvalue weighted by molar-refractivity contribution is 7.16. The molecule has 168 valence electrons. The van der Waals surface area contributed by atoms with E-state index in [-0.39, 0.29) is 30.8 Å². The zero-order valence-corrected chi connectivity index (χ0v) is 18.7. The van der Waals surface area contributed by atoms with Gasteiger partial charge in [0.25, 0.3) is 11.5 Å². The minimum absolute atomic E-state index is 0.111. The van der Waals surface area contributed by atoms with Gasteiger partial charge in [-0.05, 0) is 30.3 Å².